The van der Waals surface area contributed by atoms with Gasteiger partial charge in [-0.1, -0.05) is 23.7 Å². The van der Waals surface area contributed by atoms with E-state index in [0.29, 0.717) is 0 Å². The van der Waals surface area contributed by atoms with Gasteiger partial charge >= 0.3 is 5.97 Å². The molecule has 2 aliphatic rings. The van der Waals surface area contributed by atoms with Crippen LogP contribution in [0.25, 0.3) is 0 Å². The second kappa shape index (κ2) is 5.27. The molecule has 112 valence electrons. The molecule has 0 bridgehead atoms. The third-order valence-corrected chi connectivity index (χ3v) is 4.04. The number of hydrogen-bond donors (Lipinski definition) is 1. The maximum Gasteiger partial charge on any atom is 0.335 e. The van der Waals surface area contributed by atoms with E-state index in [1.165, 1.54) is 23.1 Å². The molecule has 0 spiro atoms. The van der Waals surface area contributed by atoms with Gasteiger partial charge in [-0.15, -0.1) is 0 Å². The molecule has 3 rings (SSSR count). The molecule has 1 aromatic carbocycles. The van der Waals surface area contributed by atoms with Gasteiger partial charge in [-0.05, 0) is 18.9 Å². The lowest BCUT2D eigenvalue weighted by molar-refractivity contribution is -0.174. The predicted molar refractivity (Wildman–Crippen MR) is 71.4 cm³/mol. The molecule has 1 heterocycles. The fourth-order valence-corrected chi connectivity index (χ4v) is 2.86. The molecular weight excluding hydrogens is 301 g/mol. The molecule has 1 aliphatic carbocycles. The Morgan fingerprint density at radius 2 is 2.14 bits per heavy atom. The Bertz CT molecular complexity index is 605. The molecule has 1 N–H and O–H groups in total. The first-order valence-electron chi connectivity index (χ1n) is 6.60. The number of nitrogens with zero attached hydrogens (tertiary/aromatic N) is 1. The maximum absolute atomic E-state index is 14.3. The van der Waals surface area contributed by atoms with Crippen LogP contribution in [0.15, 0.2) is 18.2 Å². The molecular formula is C14H13ClFNO4. The second-order valence-electron chi connectivity index (χ2n) is 5.19. The predicted octanol–water partition coefficient (Wildman–Crippen LogP) is 1.99. The summed E-state index contributed by atoms with van der Waals surface area (Å²) in [6, 6.07) is 3.31. The van der Waals surface area contributed by atoms with Crippen molar-refractivity contribution in [3.8, 4) is 0 Å². The zero-order valence-electron chi connectivity index (χ0n) is 11.0. The van der Waals surface area contributed by atoms with Crippen molar-refractivity contribution >= 4 is 23.5 Å². The largest absolute Gasteiger partial charge is 0.479 e. The van der Waals surface area contributed by atoms with Gasteiger partial charge in [0.2, 0.25) is 5.91 Å². The number of hydrogen-bond acceptors (Lipinski definition) is 3. The lowest BCUT2D eigenvalue weighted by atomic mass is 9.97. The number of carboxylic acid groups (broad SMARTS) is 1. The van der Waals surface area contributed by atoms with E-state index in [0.717, 1.165) is 12.8 Å². The smallest absolute Gasteiger partial charge is 0.335 e. The minimum absolute atomic E-state index is 0.0494. The van der Waals surface area contributed by atoms with Gasteiger partial charge in [0.05, 0.1) is 11.1 Å². The van der Waals surface area contributed by atoms with Gasteiger partial charge in [-0.25, -0.2) is 9.18 Å². The Morgan fingerprint density at radius 3 is 2.76 bits per heavy atom. The monoisotopic (exact) mass is 313 g/mol. The molecule has 1 aliphatic heterocycles. The first-order valence-corrected chi connectivity index (χ1v) is 6.98. The zero-order chi connectivity index (χ0) is 15.1. The van der Waals surface area contributed by atoms with Crippen molar-refractivity contribution in [3.05, 3.63) is 34.6 Å². The summed E-state index contributed by atoms with van der Waals surface area (Å²) in [5.41, 5.74) is 0.0786. The molecule has 2 atom stereocenters. The Hall–Kier alpha value is -1.66. The van der Waals surface area contributed by atoms with Gasteiger partial charge in [0.1, 0.15) is 12.4 Å². The molecule has 0 radical (unpaired) electrons. The van der Waals surface area contributed by atoms with Crippen LogP contribution >= 0.6 is 11.6 Å². The Labute approximate surface area is 125 Å². The van der Waals surface area contributed by atoms with Crippen molar-refractivity contribution in [2.45, 2.75) is 31.0 Å². The van der Waals surface area contributed by atoms with E-state index in [1.54, 1.807) is 0 Å². The van der Waals surface area contributed by atoms with Crippen LogP contribution in [0.4, 0.5) is 4.39 Å². The van der Waals surface area contributed by atoms with E-state index in [9.17, 15) is 19.1 Å². The van der Waals surface area contributed by atoms with Crippen LogP contribution in [0.5, 0.6) is 0 Å². The minimum Gasteiger partial charge on any atom is -0.479 e. The van der Waals surface area contributed by atoms with Crippen molar-refractivity contribution < 1.29 is 23.8 Å². The van der Waals surface area contributed by atoms with Crippen molar-refractivity contribution in [1.82, 2.24) is 4.90 Å². The number of aliphatic carboxylic acids is 1. The summed E-state index contributed by atoms with van der Waals surface area (Å²) >= 11 is 5.77. The lowest BCUT2D eigenvalue weighted by Gasteiger charge is -2.39. The number of ether oxygens (including phenoxy) is 1. The molecule has 1 saturated heterocycles. The van der Waals surface area contributed by atoms with E-state index >= 15 is 0 Å². The second-order valence-corrected chi connectivity index (χ2v) is 5.60. The Kier molecular flexibility index (Phi) is 3.59. The van der Waals surface area contributed by atoms with Crippen LogP contribution in [-0.2, 0) is 14.3 Å². The molecule has 1 saturated carbocycles. The number of benzene rings is 1. The normalized spacial score (nSPS) is 26.0. The van der Waals surface area contributed by atoms with Gasteiger partial charge in [0.25, 0.3) is 0 Å². The van der Waals surface area contributed by atoms with E-state index in [4.69, 9.17) is 16.3 Å². The molecule has 0 aromatic heterocycles. The Balaban J connectivity index is 2.08. The molecule has 1 aromatic rings. The summed E-state index contributed by atoms with van der Waals surface area (Å²) in [4.78, 5) is 24.9. The van der Waals surface area contributed by atoms with Gasteiger partial charge in [0, 0.05) is 11.6 Å². The lowest BCUT2D eigenvalue weighted by Crippen LogP contribution is -2.52. The average Bonchev–Trinajstić information content (AvgIpc) is 3.25. The maximum atomic E-state index is 14.3. The standard InChI is InChI=1S/C14H13ClFNO4/c15-9-3-1-2-8(11(9)16)12-13(14(19)20)21-6-10(18)17(12)7-4-5-7/h1-3,7,12-13H,4-6H2,(H,19,20). The van der Waals surface area contributed by atoms with Crippen LogP contribution in [0.2, 0.25) is 5.02 Å². The first kappa shape index (κ1) is 14.3. The summed E-state index contributed by atoms with van der Waals surface area (Å²) in [5, 5.41) is 9.21. The molecule has 21 heavy (non-hydrogen) atoms. The van der Waals surface area contributed by atoms with Gasteiger partial charge in [0.15, 0.2) is 6.10 Å². The fraction of sp³-hybridized carbons (Fsp3) is 0.429. The number of amides is 1. The van der Waals surface area contributed by atoms with E-state index in [1.807, 2.05) is 0 Å². The van der Waals surface area contributed by atoms with Gasteiger partial charge < -0.3 is 14.7 Å². The first-order chi connectivity index (χ1) is 10.0. The number of halogens is 2. The zero-order valence-corrected chi connectivity index (χ0v) is 11.7. The highest BCUT2D eigenvalue weighted by Gasteiger charge is 2.48. The molecule has 5 nitrogen and oxygen atoms in total. The van der Waals surface area contributed by atoms with Crippen LogP contribution in [0.3, 0.4) is 0 Å². The molecule has 1 amide bonds. The highest BCUT2D eigenvalue weighted by Crippen LogP contribution is 2.41. The van der Waals surface area contributed by atoms with Crippen molar-refractivity contribution in [2.75, 3.05) is 6.61 Å². The SMILES string of the molecule is O=C(O)C1OCC(=O)N(C2CC2)C1c1cccc(Cl)c1F. The number of carbonyl (C=O) groups excluding carboxylic acids is 1. The third-order valence-electron chi connectivity index (χ3n) is 3.74. The van der Waals surface area contributed by atoms with Gasteiger partial charge in [-0.2, -0.15) is 0 Å². The number of morpholine rings is 1. The average molecular weight is 314 g/mol. The Morgan fingerprint density at radius 1 is 1.43 bits per heavy atom. The number of rotatable bonds is 3. The minimum atomic E-state index is -1.30. The summed E-state index contributed by atoms with van der Waals surface area (Å²) in [5.74, 6) is -2.25. The summed E-state index contributed by atoms with van der Waals surface area (Å²) in [6.45, 7) is -0.299. The summed E-state index contributed by atoms with van der Waals surface area (Å²) in [6.07, 6.45) is 0.282. The molecule has 2 fully saturated rings. The van der Waals surface area contributed by atoms with Crippen LogP contribution in [0.1, 0.15) is 24.4 Å². The van der Waals surface area contributed by atoms with Crippen LogP contribution in [0, 0.1) is 5.82 Å². The van der Waals surface area contributed by atoms with Crippen molar-refractivity contribution in [3.63, 3.8) is 0 Å². The van der Waals surface area contributed by atoms with E-state index in [-0.39, 0.29) is 29.1 Å². The summed E-state index contributed by atoms with van der Waals surface area (Å²) < 4.78 is 19.4. The quantitative estimate of drug-likeness (QED) is 0.927. The highest BCUT2D eigenvalue weighted by molar-refractivity contribution is 6.30. The fourth-order valence-electron chi connectivity index (χ4n) is 2.68. The van der Waals surface area contributed by atoms with E-state index in [2.05, 4.69) is 0 Å². The third kappa shape index (κ3) is 2.49. The van der Waals surface area contributed by atoms with Crippen LogP contribution in [-0.4, -0.2) is 40.6 Å². The van der Waals surface area contributed by atoms with E-state index < -0.39 is 23.9 Å². The summed E-state index contributed by atoms with van der Waals surface area (Å²) in [7, 11) is 0. The van der Waals surface area contributed by atoms with Crippen molar-refractivity contribution in [2.24, 2.45) is 0 Å². The number of carbonyl (C=O) groups is 2. The van der Waals surface area contributed by atoms with Crippen molar-refractivity contribution in [1.29, 1.82) is 0 Å². The molecule has 2 unspecified atom stereocenters. The highest BCUT2D eigenvalue weighted by atomic mass is 35.5. The van der Waals surface area contributed by atoms with Gasteiger partial charge in [-0.3, -0.25) is 4.79 Å². The topological polar surface area (TPSA) is 66.8 Å². The number of carboxylic acids is 1. The molecule has 7 heteroatoms. The van der Waals surface area contributed by atoms with Crippen LogP contribution < -0.4 is 0 Å².